The summed E-state index contributed by atoms with van der Waals surface area (Å²) in [5.41, 5.74) is -2.07. The number of carboxylic acids is 1. The van der Waals surface area contributed by atoms with Crippen LogP contribution in [0, 0.1) is 0 Å². The third kappa shape index (κ3) is 4.00. The lowest BCUT2D eigenvalue weighted by Gasteiger charge is -2.19. The van der Waals surface area contributed by atoms with Gasteiger partial charge >= 0.3 is 12.0 Å². The quantitative estimate of drug-likeness (QED) is 0.491. The summed E-state index contributed by atoms with van der Waals surface area (Å²) in [6.45, 7) is 0.549. The summed E-state index contributed by atoms with van der Waals surface area (Å²) in [5, 5.41) is 23.4. The maximum absolute atomic E-state index is 11.3. The molecule has 0 aromatic heterocycles. The zero-order valence-corrected chi connectivity index (χ0v) is 10.4. The van der Waals surface area contributed by atoms with Crippen molar-refractivity contribution >= 4 is 21.8 Å². The van der Waals surface area contributed by atoms with E-state index in [1.165, 1.54) is 6.08 Å². The fourth-order valence-corrected chi connectivity index (χ4v) is 2.45. The standard InChI is InChI=1S/C9H14N2O6S/c1-9(15,7(12)13)5-10-8(14)11-6-2-3-18(16,17)4-6/h2-3,6,15H,4-5H2,1H3,(H,12,13)(H2,10,11,14). The Hall–Kier alpha value is -1.61. The molecule has 0 bridgehead atoms. The molecular formula is C9H14N2O6S. The van der Waals surface area contributed by atoms with Gasteiger partial charge in [0.25, 0.3) is 0 Å². The Morgan fingerprint density at radius 2 is 2.11 bits per heavy atom. The molecule has 1 heterocycles. The fraction of sp³-hybridized carbons (Fsp3) is 0.556. The van der Waals surface area contributed by atoms with Crippen LogP contribution in [0.5, 0.6) is 0 Å². The van der Waals surface area contributed by atoms with E-state index in [1.807, 2.05) is 0 Å². The summed E-state index contributed by atoms with van der Waals surface area (Å²) in [5.74, 6) is -1.69. The van der Waals surface area contributed by atoms with Gasteiger partial charge in [-0.1, -0.05) is 0 Å². The Morgan fingerprint density at radius 3 is 2.56 bits per heavy atom. The first-order valence-electron chi connectivity index (χ1n) is 5.03. The largest absolute Gasteiger partial charge is 0.479 e. The summed E-state index contributed by atoms with van der Waals surface area (Å²) < 4.78 is 22.1. The van der Waals surface area contributed by atoms with Crippen LogP contribution in [-0.4, -0.2) is 54.6 Å². The van der Waals surface area contributed by atoms with E-state index < -0.39 is 40.0 Å². The second-order valence-corrected chi connectivity index (χ2v) is 6.10. The Morgan fingerprint density at radius 1 is 1.50 bits per heavy atom. The van der Waals surface area contributed by atoms with Crippen LogP contribution in [0.15, 0.2) is 11.5 Å². The second-order valence-electron chi connectivity index (χ2n) is 4.17. The highest BCUT2D eigenvalue weighted by molar-refractivity contribution is 7.94. The van der Waals surface area contributed by atoms with Crippen molar-refractivity contribution in [1.82, 2.24) is 10.6 Å². The average molecular weight is 278 g/mol. The molecule has 0 saturated heterocycles. The highest BCUT2D eigenvalue weighted by atomic mass is 32.2. The molecule has 0 saturated carbocycles. The van der Waals surface area contributed by atoms with Crippen molar-refractivity contribution in [3.05, 3.63) is 11.5 Å². The van der Waals surface area contributed by atoms with E-state index in [9.17, 15) is 23.1 Å². The van der Waals surface area contributed by atoms with E-state index in [0.29, 0.717) is 0 Å². The maximum atomic E-state index is 11.3. The zero-order valence-electron chi connectivity index (χ0n) is 9.58. The molecule has 8 nitrogen and oxygen atoms in total. The molecule has 0 aliphatic carbocycles. The van der Waals surface area contributed by atoms with Gasteiger partial charge in [0.1, 0.15) is 0 Å². The van der Waals surface area contributed by atoms with E-state index in [2.05, 4.69) is 10.6 Å². The predicted octanol–water partition coefficient (Wildman–Crippen LogP) is -1.57. The minimum atomic E-state index is -3.26. The molecule has 9 heteroatoms. The third-order valence-electron chi connectivity index (χ3n) is 2.30. The molecule has 4 N–H and O–H groups in total. The summed E-state index contributed by atoms with van der Waals surface area (Å²) in [7, 11) is -3.26. The maximum Gasteiger partial charge on any atom is 0.337 e. The van der Waals surface area contributed by atoms with Crippen molar-refractivity contribution in [3.8, 4) is 0 Å². The van der Waals surface area contributed by atoms with Crippen LogP contribution in [-0.2, 0) is 14.6 Å². The molecule has 102 valence electrons. The highest BCUT2D eigenvalue weighted by Crippen LogP contribution is 2.07. The van der Waals surface area contributed by atoms with Crippen LogP contribution >= 0.6 is 0 Å². The topological polar surface area (TPSA) is 133 Å². The van der Waals surface area contributed by atoms with Crippen LogP contribution in [0.2, 0.25) is 0 Å². The normalized spacial score (nSPS) is 24.2. The molecule has 1 aliphatic rings. The number of aliphatic hydroxyl groups is 1. The average Bonchev–Trinajstić information content (AvgIpc) is 2.55. The molecule has 1 rings (SSSR count). The van der Waals surface area contributed by atoms with Gasteiger partial charge in [0.2, 0.25) is 0 Å². The number of hydrogen-bond donors (Lipinski definition) is 4. The number of carbonyl (C=O) groups excluding carboxylic acids is 1. The molecule has 1 aliphatic heterocycles. The van der Waals surface area contributed by atoms with E-state index >= 15 is 0 Å². The number of aliphatic carboxylic acids is 1. The minimum absolute atomic E-state index is 0.226. The van der Waals surface area contributed by atoms with Crippen LogP contribution in [0.25, 0.3) is 0 Å². The van der Waals surface area contributed by atoms with Gasteiger partial charge in [-0.3, -0.25) is 0 Å². The van der Waals surface area contributed by atoms with Crippen LogP contribution in [0.1, 0.15) is 6.92 Å². The molecular weight excluding hydrogens is 264 g/mol. The Labute approximate surface area is 104 Å². The number of carboxylic acid groups (broad SMARTS) is 1. The van der Waals surface area contributed by atoms with Crippen molar-refractivity contribution in [2.24, 2.45) is 0 Å². The lowest BCUT2D eigenvalue weighted by Crippen LogP contribution is -2.50. The van der Waals surface area contributed by atoms with E-state index in [4.69, 9.17) is 5.11 Å². The molecule has 2 unspecified atom stereocenters. The monoisotopic (exact) mass is 278 g/mol. The number of hydrogen-bond acceptors (Lipinski definition) is 5. The minimum Gasteiger partial charge on any atom is -0.479 e. The van der Waals surface area contributed by atoms with Gasteiger partial charge in [-0.05, 0) is 13.0 Å². The molecule has 2 amide bonds. The van der Waals surface area contributed by atoms with Gasteiger partial charge in [0.15, 0.2) is 15.4 Å². The van der Waals surface area contributed by atoms with Crippen molar-refractivity contribution in [2.45, 2.75) is 18.6 Å². The molecule has 0 aromatic carbocycles. The number of sulfone groups is 1. The Bertz CT molecular complexity index is 481. The first-order valence-corrected chi connectivity index (χ1v) is 6.75. The zero-order chi connectivity index (χ0) is 14.0. The number of amides is 2. The lowest BCUT2D eigenvalue weighted by atomic mass is 10.1. The van der Waals surface area contributed by atoms with Crippen molar-refractivity contribution in [2.75, 3.05) is 12.3 Å². The Balaban J connectivity index is 2.40. The summed E-state index contributed by atoms with van der Waals surface area (Å²) in [6.07, 6.45) is 1.32. The van der Waals surface area contributed by atoms with Gasteiger partial charge in [-0.2, -0.15) is 0 Å². The van der Waals surface area contributed by atoms with Crippen molar-refractivity contribution in [3.63, 3.8) is 0 Å². The molecule has 18 heavy (non-hydrogen) atoms. The second kappa shape index (κ2) is 4.94. The van der Waals surface area contributed by atoms with Crippen LogP contribution < -0.4 is 10.6 Å². The summed E-state index contributed by atoms with van der Waals surface area (Å²) in [4.78, 5) is 21.9. The van der Waals surface area contributed by atoms with Crippen LogP contribution in [0.4, 0.5) is 4.79 Å². The SMILES string of the molecule is CC(O)(CNC(=O)NC1C=CS(=O)(=O)C1)C(=O)O. The third-order valence-corrected chi connectivity index (χ3v) is 3.70. The smallest absolute Gasteiger partial charge is 0.337 e. The molecule has 0 fully saturated rings. The van der Waals surface area contributed by atoms with Crippen molar-refractivity contribution in [1.29, 1.82) is 0 Å². The van der Waals surface area contributed by atoms with Gasteiger partial charge in [0, 0.05) is 5.41 Å². The van der Waals surface area contributed by atoms with E-state index in [1.54, 1.807) is 0 Å². The summed E-state index contributed by atoms with van der Waals surface area (Å²) >= 11 is 0. The first-order chi connectivity index (χ1) is 8.12. The molecule has 2 atom stereocenters. The lowest BCUT2D eigenvalue weighted by molar-refractivity contribution is -0.155. The number of nitrogens with one attached hydrogen (secondary N) is 2. The Kier molecular flexibility index (Phi) is 3.97. The van der Waals surface area contributed by atoms with Gasteiger partial charge < -0.3 is 20.8 Å². The van der Waals surface area contributed by atoms with E-state index in [-0.39, 0.29) is 5.75 Å². The van der Waals surface area contributed by atoms with Gasteiger partial charge in [0.05, 0.1) is 18.3 Å². The fourth-order valence-electron chi connectivity index (χ4n) is 1.21. The molecule has 0 radical (unpaired) electrons. The molecule has 0 aromatic rings. The van der Waals surface area contributed by atoms with Gasteiger partial charge in [-0.25, -0.2) is 18.0 Å². The number of rotatable bonds is 4. The number of carbonyl (C=O) groups is 2. The van der Waals surface area contributed by atoms with Crippen molar-refractivity contribution < 1.29 is 28.2 Å². The molecule has 0 spiro atoms. The van der Waals surface area contributed by atoms with E-state index in [0.717, 1.165) is 12.3 Å². The predicted molar refractivity (Wildman–Crippen MR) is 61.5 cm³/mol. The number of urea groups is 1. The van der Waals surface area contributed by atoms with Gasteiger partial charge in [-0.15, -0.1) is 0 Å². The van der Waals surface area contributed by atoms with Crippen LogP contribution in [0.3, 0.4) is 0 Å². The first kappa shape index (κ1) is 14.5. The summed E-state index contributed by atoms with van der Waals surface area (Å²) in [6, 6.07) is -1.40. The highest BCUT2D eigenvalue weighted by Gasteiger charge is 2.31.